The Labute approximate surface area is 124 Å². The van der Waals surface area contributed by atoms with Crippen molar-refractivity contribution in [2.75, 3.05) is 13.2 Å². The summed E-state index contributed by atoms with van der Waals surface area (Å²) in [7, 11) is 0. The Morgan fingerprint density at radius 3 is 1.86 bits per heavy atom. The molecule has 1 rings (SSSR count). The summed E-state index contributed by atoms with van der Waals surface area (Å²) in [5.74, 6) is -3.42. The van der Waals surface area contributed by atoms with Gasteiger partial charge in [0.05, 0.1) is 13.2 Å². The highest BCUT2D eigenvalue weighted by molar-refractivity contribution is 6.08. The zero-order valence-corrected chi connectivity index (χ0v) is 13.1. The molecule has 3 unspecified atom stereocenters. The van der Waals surface area contributed by atoms with Crippen LogP contribution in [-0.2, 0) is 23.9 Å². The summed E-state index contributed by atoms with van der Waals surface area (Å²) >= 11 is 0. The minimum atomic E-state index is -1.93. The van der Waals surface area contributed by atoms with Crippen LogP contribution in [0.4, 0.5) is 0 Å². The van der Waals surface area contributed by atoms with E-state index in [-0.39, 0.29) is 13.2 Å². The van der Waals surface area contributed by atoms with E-state index in [0.717, 1.165) is 4.90 Å². The SMILES string of the molecule is CCOC(=O)C1(C(=O)OCC)C(C)C(C)C(O)N1C(C)=O. The highest BCUT2D eigenvalue weighted by atomic mass is 16.6. The van der Waals surface area contributed by atoms with Gasteiger partial charge in [0.1, 0.15) is 6.23 Å². The van der Waals surface area contributed by atoms with Crippen LogP contribution in [0.3, 0.4) is 0 Å². The molecule has 3 atom stereocenters. The molecule has 1 heterocycles. The van der Waals surface area contributed by atoms with Gasteiger partial charge >= 0.3 is 11.9 Å². The summed E-state index contributed by atoms with van der Waals surface area (Å²) in [6.07, 6.45) is -1.24. The Hall–Kier alpha value is -1.63. The summed E-state index contributed by atoms with van der Waals surface area (Å²) < 4.78 is 10.00. The molecule has 1 N–H and O–H groups in total. The second-order valence-electron chi connectivity index (χ2n) is 5.16. The first-order valence-electron chi connectivity index (χ1n) is 7.09. The molecule has 0 saturated carbocycles. The van der Waals surface area contributed by atoms with Crippen molar-refractivity contribution < 1.29 is 29.0 Å². The van der Waals surface area contributed by atoms with Crippen LogP contribution in [0, 0.1) is 11.8 Å². The van der Waals surface area contributed by atoms with Crippen LogP contribution in [0.2, 0.25) is 0 Å². The van der Waals surface area contributed by atoms with E-state index in [2.05, 4.69) is 0 Å². The summed E-state index contributed by atoms with van der Waals surface area (Å²) in [5, 5.41) is 10.3. The first-order valence-corrected chi connectivity index (χ1v) is 7.09. The molecule has 0 bridgehead atoms. The van der Waals surface area contributed by atoms with Gasteiger partial charge in [-0.2, -0.15) is 0 Å². The molecule has 1 aliphatic heterocycles. The van der Waals surface area contributed by atoms with Crippen LogP contribution in [0.25, 0.3) is 0 Å². The fourth-order valence-corrected chi connectivity index (χ4v) is 2.87. The first kappa shape index (κ1) is 17.4. The van der Waals surface area contributed by atoms with Crippen LogP contribution in [-0.4, -0.2) is 52.8 Å². The highest BCUT2D eigenvalue weighted by Crippen LogP contribution is 2.44. The normalized spacial score (nSPS) is 27.3. The maximum Gasteiger partial charge on any atom is 0.344 e. The van der Waals surface area contributed by atoms with Crippen molar-refractivity contribution in [2.24, 2.45) is 11.8 Å². The fraction of sp³-hybridized carbons (Fsp3) is 0.786. The number of aliphatic hydroxyl groups is 1. The average Bonchev–Trinajstić information content (AvgIpc) is 2.61. The van der Waals surface area contributed by atoms with Crippen LogP contribution in [0.15, 0.2) is 0 Å². The highest BCUT2D eigenvalue weighted by Gasteiger charge is 2.67. The van der Waals surface area contributed by atoms with Crippen LogP contribution >= 0.6 is 0 Å². The third kappa shape index (κ3) is 2.50. The lowest BCUT2D eigenvalue weighted by molar-refractivity contribution is -0.184. The van der Waals surface area contributed by atoms with Crippen LogP contribution in [0.1, 0.15) is 34.6 Å². The van der Waals surface area contributed by atoms with Gasteiger partial charge in [-0.1, -0.05) is 13.8 Å². The van der Waals surface area contributed by atoms with E-state index >= 15 is 0 Å². The molecule has 1 fully saturated rings. The van der Waals surface area contributed by atoms with E-state index < -0.39 is 41.4 Å². The van der Waals surface area contributed by atoms with Gasteiger partial charge in [0.2, 0.25) is 11.4 Å². The van der Waals surface area contributed by atoms with E-state index in [9.17, 15) is 19.5 Å². The van der Waals surface area contributed by atoms with E-state index in [1.807, 2.05) is 0 Å². The number of aliphatic hydroxyl groups excluding tert-OH is 1. The molecule has 0 radical (unpaired) electrons. The van der Waals surface area contributed by atoms with Crippen molar-refractivity contribution in [3.05, 3.63) is 0 Å². The third-order valence-electron chi connectivity index (χ3n) is 4.07. The van der Waals surface area contributed by atoms with Crippen molar-refractivity contribution in [1.82, 2.24) is 4.90 Å². The lowest BCUT2D eigenvalue weighted by Crippen LogP contribution is -2.63. The summed E-state index contributed by atoms with van der Waals surface area (Å²) in [5.41, 5.74) is -1.93. The number of rotatable bonds is 4. The zero-order chi connectivity index (χ0) is 16.4. The molecule has 21 heavy (non-hydrogen) atoms. The molecular weight excluding hydrogens is 278 g/mol. The predicted molar refractivity (Wildman–Crippen MR) is 72.9 cm³/mol. The number of hydrogen-bond acceptors (Lipinski definition) is 6. The summed E-state index contributed by atoms with van der Waals surface area (Å²) in [6, 6.07) is 0. The number of hydrogen-bond donors (Lipinski definition) is 1. The van der Waals surface area contributed by atoms with Gasteiger partial charge in [-0.05, 0) is 13.8 Å². The number of nitrogens with zero attached hydrogens (tertiary/aromatic N) is 1. The number of carbonyl (C=O) groups excluding carboxylic acids is 3. The molecule has 1 aliphatic rings. The number of likely N-dealkylation sites (tertiary alicyclic amines) is 1. The molecule has 7 heteroatoms. The Morgan fingerprint density at radius 2 is 1.52 bits per heavy atom. The molecule has 1 saturated heterocycles. The molecule has 0 aromatic carbocycles. The zero-order valence-electron chi connectivity index (χ0n) is 13.1. The quantitative estimate of drug-likeness (QED) is 0.593. The second-order valence-corrected chi connectivity index (χ2v) is 5.16. The van der Waals surface area contributed by atoms with Gasteiger partial charge in [-0.25, -0.2) is 9.59 Å². The number of amides is 1. The molecule has 7 nitrogen and oxygen atoms in total. The maximum absolute atomic E-state index is 12.5. The Kier molecular flexibility index (Phi) is 5.33. The van der Waals surface area contributed by atoms with Crippen LogP contribution < -0.4 is 0 Å². The van der Waals surface area contributed by atoms with Crippen molar-refractivity contribution in [2.45, 2.75) is 46.4 Å². The monoisotopic (exact) mass is 301 g/mol. The fourth-order valence-electron chi connectivity index (χ4n) is 2.87. The maximum atomic E-state index is 12.5. The average molecular weight is 301 g/mol. The largest absolute Gasteiger partial charge is 0.464 e. The van der Waals surface area contributed by atoms with Crippen LogP contribution in [0.5, 0.6) is 0 Å². The molecule has 0 spiro atoms. The molecule has 120 valence electrons. The number of carbonyl (C=O) groups is 3. The molecular formula is C14H23NO6. The predicted octanol–water partition coefficient (Wildman–Crippen LogP) is 0.304. The number of ether oxygens (including phenoxy) is 2. The Morgan fingerprint density at radius 1 is 1.10 bits per heavy atom. The summed E-state index contributed by atoms with van der Waals surface area (Å²) in [6.45, 7) is 7.83. The minimum absolute atomic E-state index is 0.0585. The van der Waals surface area contributed by atoms with E-state index in [0.29, 0.717) is 0 Å². The third-order valence-corrected chi connectivity index (χ3v) is 4.07. The van der Waals surface area contributed by atoms with Gasteiger partial charge < -0.3 is 14.6 Å². The second kappa shape index (κ2) is 6.43. The van der Waals surface area contributed by atoms with Gasteiger partial charge in [0, 0.05) is 18.8 Å². The van der Waals surface area contributed by atoms with Crippen molar-refractivity contribution in [3.63, 3.8) is 0 Å². The van der Waals surface area contributed by atoms with Crippen molar-refractivity contribution in [1.29, 1.82) is 0 Å². The molecule has 0 aromatic rings. The standard InChI is InChI=1S/C14H23NO6/c1-6-20-12(18)14(13(19)21-7-2)9(4)8(3)11(17)15(14)10(5)16/h8-9,11,17H,6-7H2,1-5H3. The van der Waals surface area contributed by atoms with Crippen molar-refractivity contribution in [3.8, 4) is 0 Å². The van der Waals surface area contributed by atoms with E-state index in [1.54, 1.807) is 27.7 Å². The van der Waals surface area contributed by atoms with Gasteiger partial charge in [-0.3, -0.25) is 9.69 Å². The minimum Gasteiger partial charge on any atom is -0.464 e. The summed E-state index contributed by atoms with van der Waals surface area (Å²) in [4.78, 5) is 37.8. The Balaban J connectivity index is 3.47. The lowest BCUT2D eigenvalue weighted by Gasteiger charge is -2.36. The van der Waals surface area contributed by atoms with E-state index in [1.165, 1.54) is 6.92 Å². The lowest BCUT2D eigenvalue weighted by atomic mass is 9.81. The number of esters is 2. The topological polar surface area (TPSA) is 93.1 Å². The van der Waals surface area contributed by atoms with Gasteiger partial charge in [0.25, 0.3) is 0 Å². The van der Waals surface area contributed by atoms with Gasteiger partial charge in [0.15, 0.2) is 0 Å². The molecule has 0 aromatic heterocycles. The smallest absolute Gasteiger partial charge is 0.344 e. The Bertz CT molecular complexity index is 417. The van der Waals surface area contributed by atoms with Crippen molar-refractivity contribution >= 4 is 17.8 Å². The van der Waals surface area contributed by atoms with Gasteiger partial charge in [-0.15, -0.1) is 0 Å². The van der Waals surface area contributed by atoms with E-state index in [4.69, 9.17) is 9.47 Å². The first-order chi connectivity index (χ1) is 9.76. The molecule has 0 aliphatic carbocycles. The molecule has 1 amide bonds.